The Morgan fingerprint density at radius 3 is 3.00 bits per heavy atom. The van der Waals surface area contributed by atoms with E-state index in [1.54, 1.807) is 13.1 Å². The fourth-order valence-corrected chi connectivity index (χ4v) is 1.66. The third-order valence-corrected chi connectivity index (χ3v) is 2.62. The topological polar surface area (TPSA) is 81.2 Å². The fourth-order valence-electron chi connectivity index (χ4n) is 1.66. The molecular weight excluding hydrogens is 273 g/mol. The molecule has 0 unspecified atom stereocenters. The lowest BCUT2D eigenvalue weighted by atomic mass is 10.1. The van der Waals surface area contributed by atoms with Crippen molar-refractivity contribution in [2.45, 2.75) is 13.5 Å². The zero-order valence-electron chi connectivity index (χ0n) is 11.4. The Kier molecular flexibility index (Phi) is 4.69. The third kappa shape index (κ3) is 3.91. The molecule has 5 nitrogen and oxygen atoms in total. The summed E-state index contributed by atoms with van der Waals surface area (Å²) in [5.74, 6) is 5.23. The van der Waals surface area contributed by atoms with E-state index >= 15 is 0 Å². The number of carbonyl (C=O) groups excluding carboxylic acids is 1. The number of benzene rings is 1. The van der Waals surface area contributed by atoms with Crippen LogP contribution in [0.15, 0.2) is 28.8 Å². The number of hydrogen-bond acceptors (Lipinski definition) is 4. The molecule has 2 aromatic rings. The molecule has 0 saturated heterocycles. The Morgan fingerprint density at radius 2 is 2.33 bits per heavy atom. The number of carbonyl (C=O) groups is 1. The minimum atomic E-state index is -0.616. The summed E-state index contributed by atoms with van der Waals surface area (Å²) in [6, 6.07) is 4.07. The summed E-state index contributed by atoms with van der Waals surface area (Å²) in [4.78, 5) is 15.9. The maximum Gasteiger partial charge on any atom is 0.254 e. The van der Waals surface area contributed by atoms with E-state index < -0.39 is 11.7 Å². The van der Waals surface area contributed by atoms with Gasteiger partial charge in [-0.25, -0.2) is 9.37 Å². The number of nitrogens with zero attached hydrogens (tertiary/aromatic N) is 1. The molecular formula is C15H14FN3O2. The Bertz CT molecular complexity index is 713. The van der Waals surface area contributed by atoms with Crippen LogP contribution in [0.1, 0.15) is 27.6 Å². The number of halogens is 1. The zero-order chi connectivity index (χ0) is 15.2. The highest BCUT2D eigenvalue weighted by atomic mass is 19.1. The molecule has 0 spiro atoms. The van der Waals surface area contributed by atoms with E-state index in [0.29, 0.717) is 17.2 Å². The number of aryl methyl sites for hydroxylation is 1. The summed E-state index contributed by atoms with van der Waals surface area (Å²) in [6.45, 7) is 2.03. The number of oxazole rings is 1. The van der Waals surface area contributed by atoms with Crippen LogP contribution in [0, 0.1) is 24.6 Å². The number of hydrogen-bond donors (Lipinski definition) is 2. The van der Waals surface area contributed by atoms with Crippen LogP contribution in [-0.4, -0.2) is 17.4 Å². The lowest BCUT2D eigenvalue weighted by Gasteiger charge is -2.04. The summed E-state index contributed by atoms with van der Waals surface area (Å²) in [6.07, 6.45) is 1.55. The normalized spacial score (nSPS) is 9.86. The highest BCUT2D eigenvalue weighted by Gasteiger charge is 2.13. The first kappa shape index (κ1) is 14.8. The highest BCUT2D eigenvalue weighted by Crippen LogP contribution is 2.10. The summed E-state index contributed by atoms with van der Waals surface area (Å²) >= 11 is 0. The molecule has 21 heavy (non-hydrogen) atoms. The molecule has 0 aliphatic rings. The second kappa shape index (κ2) is 6.68. The smallest absolute Gasteiger partial charge is 0.254 e. The van der Waals surface area contributed by atoms with Gasteiger partial charge in [0.1, 0.15) is 11.6 Å². The Balaban J connectivity index is 2.10. The van der Waals surface area contributed by atoms with Crippen molar-refractivity contribution >= 4 is 5.91 Å². The molecule has 0 aliphatic heterocycles. The highest BCUT2D eigenvalue weighted by molar-refractivity contribution is 5.94. The lowest BCUT2D eigenvalue weighted by Crippen LogP contribution is -2.24. The van der Waals surface area contributed by atoms with E-state index in [1.165, 1.54) is 18.2 Å². The summed E-state index contributed by atoms with van der Waals surface area (Å²) < 4.78 is 18.9. The second-order valence-electron chi connectivity index (χ2n) is 4.25. The van der Waals surface area contributed by atoms with Gasteiger partial charge in [-0.15, -0.1) is 0 Å². The molecule has 0 saturated carbocycles. The molecule has 1 aromatic heterocycles. The molecule has 0 radical (unpaired) electrons. The van der Waals surface area contributed by atoms with Gasteiger partial charge in [0.25, 0.3) is 5.91 Å². The van der Waals surface area contributed by atoms with Crippen LogP contribution in [0.5, 0.6) is 0 Å². The number of aromatic nitrogens is 1. The predicted molar refractivity (Wildman–Crippen MR) is 74.7 cm³/mol. The van der Waals surface area contributed by atoms with Crippen molar-refractivity contribution in [2.75, 3.05) is 6.54 Å². The zero-order valence-corrected chi connectivity index (χ0v) is 11.4. The van der Waals surface area contributed by atoms with Crippen LogP contribution < -0.4 is 11.1 Å². The molecule has 6 heteroatoms. The van der Waals surface area contributed by atoms with E-state index in [2.05, 4.69) is 22.1 Å². The van der Waals surface area contributed by atoms with E-state index in [0.717, 1.165) is 0 Å². The maximum absolute atomic E-state index is 13.7. The van der Waals surface area contributed by atoms with Crippen LogP contribution in [0.25, 0.3) is 0 Å². The molecule has 0 aliphatic carbocycles. The molecule has 1 aromatic carbocycles. The van der Waals surface area contributed by atoms with Gasteiger partial charge in [0.05, 0.1) is 24.8 Å². The van der Waals surface area contributed by atoms with Crippen molar-refractivity contribution in [1.82, 2.24) is 10.3 Å². The summed E-state index contributed by atoms with van der Waals surface area (Å²) in [5, 5.41) is 2.54. The van der Waals surface area contributed by atoms with Gasteiger partial charge in [0.2, 0.25) is 5.89 Å². The Hall–Kier alpha value is -2.65. The quantitative estimate of drug-likeness (QED) is 0.835. The first-order chi connectivity index (χ1) is 10.1. The maximum atomic E-state index is 13.7. The van der Waals surface area contributed by atoms with Crippen LogP contribution in [0.2, 0.25) is 0 Å². The standard InChI is InChI=1S/C15H14FN3O2/c1-10-8-18-14(21-10)9-19-15(20)12-7-11(3-2-6-17)4-5-13(12)16/h4-5,7-8H,6,9,17H2,1H3,(H,19,20). The van der Waals surface area contributed by atoms with E-state index in [4.69, 9.17) is 10.2 Å². The van der Waals surface area contributed by atoms with Crippen LogP contribution >= 0.6 is 0 Å². The van der Waals surface area contributed by atoms with Crippen molar-refractivity contribution in [2.24, 2.45) is 5.73 Å². The van der Waals surface area contributed by atoms with Crippen molar-refractivity contribution < 1.29 is 13.6 Å². The van der Waals surface area contributed by atoms with E-state index in [1.807, 2.05) is 0 Å². The first-order valence-corrected chi connectivity index (χ1v) is 6.28. The second-order valence-corrected chi connectivity index (χ2v) is 4.25. The van der Waals surface area contributed by atoms with Gasteiger partial charge in [-0.1, -0.05) is 11.8 Å². The van der Waals surface area contributed by atoms with Gasteiger partial charge in [0.15, 0.2) is 0 Å². The van der Waals surface area contributed by atoms with Gasteiger partial charge in [0, 0.05) is 5.56 Å². The molecule has 0 bridgehead atoms. The molecule has 1 amide bonds. The average molecular weight is 287 g/mol. The largest absolute Gasteiger partial charge is 0.444 e. The minimum Gasteiger partial charge on any atom is -0.444 e. The number of rotatable bonds is 3. The minimum absolute atomic E-state index is 0.0814. The van der Waals surface area contributed by atoms with Gasteiger partial charge in [-0.3, -0.25) is 4.79 Å². The van der Waals surface area contributed by atoms with Crippen molar-refractivity contribution in [3.63, 3.8) is 0 Å². The van der Waals surface area contributed by atoms with E-state index in [-0.39, 0.29) is 18.7 Å². The Labute approximate surface area is 121 Å². The van der Waals surface area contributed by atoms with Crippen molar-refractivity contribution in [3.05, 3.63) is 53.0 Å². The van der Waals surface area contributed by atoms with Crippen molar-refractivity contribution in [3.8, 4) is 11.8 Å². The molecule has 3 N–H and O–H groups in total. The molecule has 0 fully saturated rings. The summed E-state index contributed by atoms with van der Waals surface area (Å²) in [5.41, 5.74) is 5.72. The molecule has 1 heterocycles. The SMILES string of the molecule is Cc1cnc(CNC(=O)c2cc(C#CCN)ccc2F)o1. The van der Waals surface area contributed by atoms with Gasteiger partial charge < -0.3 is 15.5 Å². The van der Waals surface area contributed by atoms with Crippen LogP contribution in [0.4, 0.5) is 4.39 Å². The van der Waals surface area contributed by atoms with Crippen molar-refractivity contribution in [1.29, 1.82) is 0 Å². The lowest BCUT2D eigenvalue weighted by molar-refractivity contribution is 0.0943. The van der Waals surface area contributed by atoms with Crippen LogP contribution in [0.3, 0.4) is 0 Å². The summed E-state index contributed by atoms with van der Waals surface area (Å²) in [7, 11) is 0. The molecule has 108 valence electrons. The van der Waals surface area contributed by atoms with E-state index in [9.17, 15) is 9.18 Å². The fraction of sp³-hybridized carbons (Fsp3) is 0.200. The Morgan fingerprint density at radius 1 is 1.52 bits per heavy atom. The number of amides is 1. The van der Waals surface area contributed by atoms with Gasteiger partial charge in [-0.2, -0.15) is 0 Å². The average Bonchev–Trinajstić information content (AvgIpc) is 2.89. The van der Waals surface area contributed by atoms with Crippen LogP contribution in [-0.2, 0) is 6.54 Å². The molecule has 0 atom stereocenters. The molecule has 2 rings (SSSR count). The number of nitrogens with one attached hydrogen (secondary N) is 1. The predicted octanol–water partition coefficient (Wildman–Crippen LogP) is 1.36. The number of nitrogens with two attached hydrogens (primary N) is 1. The monoisotopic (exact) mass is 287 g/mol. The van der Waals surface area contributed by atoms with Gasteiger partial charge in [-0.05, 0) is 25.1 Å². The first-order valence-electron chi connectivity index (χ1n) is 6.28. The third-order valence-electron chi connectivity index (χ3n) is 2.62. The van der Waals surface area contributed by atoms with Gasteiger partial charge >= 0.3 is 0 Å².